The van der Waals surface area contributed by atoms with Crippen molar-refractivity contribution < 1.29 is 119 Å². The number of carboxylic acids is 2. The second kappa shape index (κ2) is 52.3. The van der Waals surface area contributed by atoms with Gasteiger partial charge in [-0.2, -0.15) is 0 Å². The molecule has 0 radical (unpaired) electrons. The third kappa shape index (κ3) is 31.4. The summed E-state index contributed by atoms with van der Waals surface area (Å²) in [6, 6.07) is 10.3. The number of morpholine rings is 2. The van der Waals surface area contributed by atoms with Crippen LogP contribution in [-0.4, -0.2) is 310 Å². The van der Waals surface area contributed by atoms with E-state index in [-0.39, 0.29) is 101 Å². The highest BCUT2D eigenvalue weighted by molar-refractivity contribution is 8.00. The van der Waals surface area contributed by atoms with E-state index in [1.807, 2.05) is 6.92 Å². The van der Waals surface area contributed by atoms with E-state index in [2.05, 4.69) is 47.5 Å². The highest BCUT2D eigenvalue weighted by atomic mass is 32.2. The number of rotatable bonds is 51. The van der Waals surface area contributed by atoms with Crippen LogP contribution in [0.15, 0.2) is 128 Å². The number of amides is 14. The summed E-state index contributed by atoms with van der Waals surface area (Å²) in [6.07, 6.45) is -1.44. The minimum Gasteiger partial charge on any atom is -0.508 e. The Morgan fingerprint density at radius 2 is 1.08 bits per heavy atom. The van der Waals surface area contributed by atoms with E-state index in [4.69, 9.17) is 26.7 Å². The minimum absolute atomic E-state index is 0.00242. The second-order valence-corrected chi connectivity index (χ2v) is 34.3. The van der Waals surface area contributed by atoms with E-state index in [0.29, 0.717) is 69.9 Å². The molecular formula is C92H118F3N17O22S. The molecule has 0 aliphatic carbocycles. The van der Waals surface area contributed by atoms with Gasteiger partial charge in [0.1, 0.15) is 78.5 Å². The molecule has 0 saturated carbocycles. The number of aliphatic carboxylic acids is 2. The van der Waals surface area contributed by atoms with E-state index in [1.165, 1.54) is 45.4 Å². The van der Waals surface area contributed by atoms with Crippen LogP contribution in [0, 0.1) is 23.4 Å². The van der Waals surface area contributed by atoms with Gasteiger partial charge in [-0.15, -0.1) is 11.8 Å². The lowest BCUT2D eigenvalue weighted by Crippen LogP contribution is -2.64. The molecule has 14 amide bonds. The molecule has 43 heteroatoms. The largest absolute Gasteiger partial charge is 0.508 e. The Morgan fingerprint density at radius 3 is 1.66 bits per heavy atom. The fraction of sp³-hybridized carbons (Fsp3) is 0.467. The maximum atomic E-state index is 15.5. The maximum Gasteiger partial charge on any atom is 0.305 e. The summed E-state index contributed by atoms with van der Waals surface area (Å²) < 4.78 is 56.2. The molecule has 0 bridgehead atoms. The molecule has 1 aromatic heterocycles. The van der Waals surface area contributed by atoms with Crippen molar-refractivity contribution in [2.45, 2.75) is 183 Å². The van der Waals surface area contributed by atoms with Gasteiger partial charge in [0, 0.05) is 95.6 Å². The number of para-hydroxylation sites is 1. The number of ether oxygens (including phenoxy) is 2. The number of phenols is 1. The smallest absolute Gasteiger partial charge is 0.305 e. The van der Waals surface area contributed by atoms with Crippen molar-refractivity contribution in [2.24, 2.45) is 23.1 Å². The first-order valence-corrected chi connectivity index (χ1v) is 45.2. The van der Waals surface area contributed by atoms with Gasteiger partial charge in [0.2, 0.25) is 82.7 Å². The lowest BCUT2D eigenvalue weighted by molar-refractivity contribution is -0.157. The van der Waals surface area contributed by atoms with Crippen LogP contribution in [-0.2, 0) is 123 Å². The van der Waals surface area contributed by atoms with Gasteiger partial charge in [0.05, 0.1) is 57.2 Å². The molecule has 8 rings (SSSR count). The normalized spacial score (nSPS) is 16.1. The Bertz CT molecular complexity index is 5140. The van der Waals surface area contributed by atoms with Crippen LogP contribution >= 0.6 is 11.8 Å². The first-order chi connectivity index (χ1) is 64.3. The summed E-state index contributed by atoms with van der Waals surface area (Å²) in [6.45, 7) is 2.75. The van der Waals surface area contributed by atoms with E-state index >= 15 is 37.5 Å². The fourth-order valence-corrected chi connectivity index (χ4v) is 16.3. The molecule has 6 aromatic rings. The Kier molecular flexibility index (Phi) is 41.4. The first kappa shape index (κ1) is 107. The van der Waals surface area contributed by atoms with Crippen LogP contribution in [0.5, 0.6) is 5.75 Å². The highest BCUT2D eigenvalue weighted by Gasteiger charge is 2.45. The summed E-state index contributed by atoms with van der Waals surface area (Å²) in [4.78, 5) is 249. The number of unbranched alkanes of at least 4 members (excludes halogenated alkanes) is 1. The van der Waals surface area contributed by atoms with Crippen LogP contribution in [0.4, 0.5) is 13.2 Å². The molecule has 0 unspecified atom stereocenters. The average molecular weight is 1900 g/mol. The van der Waals surface area contributed by atoms with Crippen molar-refractivity contribution in [3.05, 3.63) is 173 Å². The van der Waals surface area contributed by atoms with Gasteiger partial charge in [0.15, 0.2) is 17.5 Å². The minimum atomic E-state index is -1.88. The number of aromatic amines is 1. The predicted octanol–water partition coefficient (Wildman–Crippen LogP) is -0.0810. The first-order valence-electron chi connectivity index (χ1n) is 44.0. The van der Waals surface area contributed by atoms with Crippen molar-refractivity contribution in [1.29, 1.82) is 0 Å². The molecule has 5 aromatic carbocycles. The van der Waals surface area contributed by atoms with Crippen molar-refractivity contribution in [3.63, 3.8) is 0 Å². The molecule has 18 N–H and O–H groups in total. The molecule has 13 atom stereocenters. The highest BCUT2D eigenvalue weighted by Crippen LogP contribution is 2.26. The van der Waals surface area contributed by atoms with E-state index in [0.717, 1.165) is 24.5 Å². The van der Waals surface area contributed by atoms with Crippen molar-refractivity contribution in [3.8, 4) is 5.75 Å². The van der Waals surface area contributed by atoms with Gasteiger partial charge in [-0.1, -0.05) is 125 Å². The number of carbonyl (C=O) groups excluding carboxylic acids is 15. The number of aldehydes is 1. The molecule has 0 spiro atoms. The zero-order valence-electron chi connectivity index (χ0n) is 75.7. The number of primary amides is 1. The van der Waals surface area contributed by atoms with Crippen LogP contribution in [0.25, 0.3) is 10.9 Å². The number of nitrogens with two attached hydrogens (primary N) is 3. The molecule has 2 aliphatic rings. The SMILES string of the molecule is CCCC[C@@H](C(=O)N1CCOC[C@@H]1C(=O)N[C@H](C=O)CC(=O)O)N(C)C(=O)[C@H](Cc1ccccc1)N(C)C(=O)[C@H](Cc1cc(F)c(F)c(F)c1)NC(=O)CSC[C@H](NC(=O)[C@H](CCCN)NC(=O)[C@H](Cc1ccc(O)cc1)NC(=O)[C@H](Cc1c[nH]c2ccccc12)NC(=O)[C@H]1COCCN1C(=O)[C@H](CCC(=O)O)NC(=O)[C@H](Cc1ccccc1)N(C)C(=O)[C@@H](N)C(C)C)C(=O)NCC(N)=O. The number of fused-ring (bicyclic) bond motifs is 1. The van der Waals surface area contributed by atoms with Gasteiger partial charge in [0.25, 0.3) is 0 Å². The number of aromatic hydroxyl groups is 1. The number of carbonyl (C=O) groups is 17. The molecule has 135 heavy (non-hydrogen) atoms. The molecule has 2 fully saturated rings. The number of aromatic nitrogens is 1. The third-order valence-electron chi connectivity index (χ3n) is 23.0. The van der Waals surface area contributed by atoms with Gasteiger partial charge in [-0.3, -0.25) is 76.7 Å². The van der Waals surface area contributed by atoms with Gasteiger partial charge in [-0.05, 0) is 96.3 Å². The maximum absolute atomic E-state index is 15.5. The zero-order valence-corrected chi connectivity index (χ0v) is 76.5. The number of halogens is 3. The van der Waals surface area contributed by atoms with Crippen LogP contribution in [0.3, 0.4) is 0 Å². The standard InChI is InChI=1S/C92H118F3N17O22S/c1-7-8-25-70(91(131)112-34-36-134-48-73(112)86(126)101-58(47-113)44-78(119)120)108(4)90(130)72(42-54-20-13-10-14-21-54)110(6)88(128)68(40-56-37-61(93)79(95)62(94)38-56)102-76(116)51-135-50-69(81(121)100-46-75(97)115)107-82(122)64(24-17-32-96)103-83(123)66(39-55-26-28-59(114)29-27-55)105-84(124)67(43-57-45-99-63-23-16-15-22-60(57)63)106-87(127)74-49-133-35-33-111(74)89(129)65(30-31-77(117)118)104-85(125)71(41-53-18-11-9-12-19-53)109(5)92(132)80(98)52(2)3/h9-16,18-23,26-29,37-38,45,47,52,58,64-74,80,99,114H,7-8,17,24-25,30-36,39-44,46,48-51,96,98H2,1-6H3,(H2,97,115)(H,100,121)(H,101,126)(H,102,116)(H,103,123)(H,104,125)(H,105,124)(H,106,127)(H,107,122)(H,117,118)(H,119,120)/t58-,64-,65-,66-,67-,68-,69-,70-,71-,72-,73+,74+,80-/m0/s1. The van der Waals surface area contributed by atoms with Crippen LogP contribution in [0.1, 0.15) is 100.0 Å². The number of nitrogens with one attached hydrogen (secondary N) is 9. The van der Waals surface area contributed by atoms with Crippen LogP contribution in [0.2, 0.25) is 0 Å². The number of likely N-dealkylation sites (N-methyl/N-ethyl adjacent to an activating group) is 3. The molecule has 39 nitrogen and oxygen atoms in total. The lowest BCUT2D eigenvalue weighted by Gasteiger charge is -2.40. The number of hydrogen-bond acceptors (Lipinski definition) is 23. The fourth-order valence-electron chi connectivity index (χ4n) is 15.4. The molecule has 2 aliphatic heterocycles. The lowest BCUT2D eigenvalue weighted by atomic mass is 9.99. The number of H-pyrrole nitrogens is 1. The number of thioether (sulfide) groups is 1. The number of phenolic OH excluding ortho intramolecular Hbond substituents is 1. The number of carboxylic acid groups (broad SMARTS) is 2. The van der Waals surface area contributed by atoms with Gasteiger partial charge in [-0.25, -0.2) is 13.2 Å². The summed E-state index contributed by atoms with van der Waals surface area (Å²) in [5, 5.41) is 50.7. The Morgan fingerprint density at radius 1 is 0.556 bits per heavy atom. The predicted molar refractivity (Wildman–Crippen MR) is 485 cm³/mol. The summed E-state index contributed by atoms with van der Waals surface area (Å²) in [5.41, 5.74) is 19.8. The van der Waals surface area contributed by atoms with E-state index in [1.54, 1.807) is 105 Å². The van der Waals surface area contributed by atoms with Crippen molar-refractivity contribution in [1.82, 2.24) is 72.0 Å². The van der Waals surface area contributed by atoms with Crippen molar-refractivity contribution >= 4 is 124 Å². The quantitative estimate of drug-likeness (QED) is 0.0175. The van der Waals surface area contributed by atoms with Crippen LogP contribution < -0.4 is 59.7 Å². The number of hydrogen-bond donors (Lipinski definition) is 15. The molecule has 2 saturated heterocycles. The second-order valence-electron chi connectivity index (χ2n) is 33.3. The topological polar surface area (TPSA) is 576 Å². The molecule has 3 heterocycles. The van der Waals surface area contributed by atoms with E-state index < -0.39 is 247 Å². The third-order valence-corrected chi connectivity index (χ3v) is 24.1. The van der Waals surface area contributed by atoms with Gasteiger partial charge < -0.3 is 119 Å². The monoisotopic (exact) mass is 1900 g/mol. The Labute approximate surface area is 781 Å². The van der Waals surface area contributed by atoms with Crippen molar-refractivity contribution in [2.75, 3.05) is 85.3 Å². The summed E-state index contributed by atoms with van der Waals surface area (Å²) >= 11 is 0.637. The number of nitrogens with zero attached hydrogens (tertiary/aromatic N) is 5. The molecular weight excluding hydrogens is 1780 g/mol. The zero-order chi connectivity index (χ0) is 98.9. The Hall–Kier alpha value is -13.4. The van der Waals surface area contributed by atoms with E-state index in [9.17, 15) is 72.4 Å². The Balaban J connectivity index is 1.05. The average Bonchev–Trinajstić information content (AvgIpc) is 1.05. The summed E-state index contributed by atoms with van der Waals surface area (Å²) in [5.74, 6) is -23.2. The number of benzene rings is 5. The van der Waals surface area contributed by atoms with Gasteiger partial charge >= 0.3 is 11.9 Å². The summed E-state index contributed by atoms with van der Waals surface area (Å²) in [7, 11) is 3.85. The molecule has 730 valence electrons.